The highest BCUT2D eigenvalue weighted by Crippen LogP contribution is 2.39. The zero-order chi connectivity index (χ0) is 22.7. The van der Waals surface area contributed by atoms with Crippen molar-refractivity contribution in [3.63, 3.8) is 0 Å². The number of halogens is 1. The minimum atomic E-state index is 0.239. The van der Waals surface area contributed by atoms with Crippen LogP contribution in [0.1, 0.15) is 72.1 Å². The number of fused-ring (bicyclic) bond motifs is 1. The van der Waals surface area contributed by atoms with Crippen LogP contribution < -0.4 is 5.43 Å². The highest BCUT2D eigenvalue weighted by atomic mass is 35.5. The van der Waals surface area contributed by atoms with Gasteiger partial charge < -0.3 is 5.43 Å². The first-order chi connectivity index (χ1) is 14.4. The molecule has 0 aliphatic heterocycles. The van der Waals surface area contributed by atoms with E-state index in [-0.39, 0.29) is 6.04 Å². The van der Waals surface area contributed by atoms with Gasteiger partial charge in [0.15, 0.2) is 0 Å². The Morgan fingerprint density at radius 2 is 1.87 bits per heavy atom. The van der Waals surface area contributed by atoms with E-state index in [2.05, 4.69) is 74.8 Å². The minimum absolute atomic E-state index is 0.239. The van der Waals surface area contributed by atoms with E-state index in [0.717, 1.165) is 22.8 Å². The van der Waals surface area contributed by atoms with E-state index in [4.69, 9.17) is 11.6 Å². The number of aryl methyl sites for hydroxylation is 2. The molecule has 1 unspecified atom stereocenters. The molecule has 3 nitrogen and oxygen atoms in total. The van der Waals surface area contributed by atoms with Gasteiger partial charge in [-0.3, -0.25) is 0 Å². The largest absolute Gasteiger partial charge is 0.318 e. The summed E-state index contributed by atoms with van der Waals surface area (Å²) in [7, 11) is 0. The Kier molecular flexibility index (Phi) is 11.8. The van der Waals surface area contributed by atoms with Crippen molar-refractivity contribution in [2.45, 2.75) is 80.7 Å². The first kappa shape index (κ1) is 26.3. The average molecular weight is 448 g/mol. The standard InChI is InChI=1S/C20H24ClN3S.C3H8.C2H6/c1-5-6-7-8-13(2)23-24-12-22-15(4)19(24)20-14(3)17-11-16(21)9-10-18(17)25-20;1-3-2;1-2/h7-13,23H,5-6H2,1-4H3;3H2,1-2H3;1-2H3/b8-7+;;. The summed E-state index contributed by atoms with van der Waals surface area (Å²) in [6.07, 6.45) is 9.83. The number of aromatic nitrogens is 2. The predicted octanol–water partition coefficient (Wildman–Crippen LogP) is 8.77. The van der Waals surface area contributed by atoms with Crippen molar-refractivity contribution < 1.29 is 0 Å². The van der Waals surface area contributed by atoms with Crippen LogP contribution in [0.25, 0.3) is 20.7 Å². The summed E-state index contributed by atoms with van der Waals surface area (Å²) in [5.74, 6) is 0. The fraction of sp³-hybridized carbons (Fsp3) is 0.480. The summed E-state index contributed by atoms with van der Waals surface area (Å²) < 4.78 is 3.30. The summed E-state index contributed by atoms with van der Waals surface area (Å²) in [5.41, 5.74) is 6.93. The summed E-state index contributed by atoms with van der Waals surface area (Å²) >= 11 is 7.97. The molecule has 2 aromatic heterocycles. The molecule has 0 saturated heterocycles. The monoisotopic (exact) mass is 447 g/mol. The van der Waals surface area contributed by atoms with Gasteiger partial charge in [0.2, 0.25) is 0 Å². The Bertz CT molecular complexity index is 924. The van der Waals surface area contributed by atoms with Crippen molar-refractivity contribution in [1.29, 1.82) is 0 Å². The molecule has 166 valence electrons. The van der Waals surface area contributed by atoms with Crippen LogP contribution in [0.3, 0.4) is 0 Å². The van der Waals surface area contributed by atoms with Gasteiger partial charge in [-0.15, -0.1) is 11.3 Å². The van der Waals surface area contributed by atoms with Gasteiger partial charge in [0.1, 0.15) is 12.0 Å². The first-order valence-corrected chi connectivity index (χ1v) is 12.3. The third-order valence-corrected chi connectivity index (χ3v) is 5.80. The van der Waals surface area contributed by atoms with Crippen molar-refractivity contribution in [2.24, 2.45) is 0 Å². The lowest BCUT2D eigenvalue weighted by Crippen LogP contribution is -2.23. The molecule has 0 radical (unpaired) electrons. The van der Waals surface area contributed by atoms with E-state index in [1.165, 1.54) is 33.4 Å². The number of nitrogens with one attached hydrogen (secondary N) is 1. The second-order valence-corrected chi connectivity index (χ2v) is 8.58. The molecule has 0 fully saturated rings. The molecule has 0 spiro atoms. The van der Waals surface area contributed by atoms with E-state index in [1.54, 1.807) is 11.3 Å². The maximum Gasteiger partial charge on any atom is 0.115 e. The zero-order valence-electron chi connectivity index (χ0n) is 19.8. The van der Waals surface area contributed by atoms with Gasteiger partial charge in [-0.05, 0) is 56.3 Å². The van der Waals surface area contributed by atoms with Crippen LogP contribution in [-0.4, -0.2) is 15.7 Å². The van der Waals surface area contributed by atoms with Gasteiger partial charge in [0.05, 0.1) is 16.6 Å². The molecule has 5 heteroatoms. The number of allylic oxidation sites excluding steroid dienone is 1. The second-order valence-electron chi connectivity index (χ2n) is 7.09. The highest BCUT2D eigenvalue weighted by molar-refractivity contribution is 7.22. The Morgan fingerprint density at radius 1 is 1.20 bits per heavy atom. The van der Waals surface area contributed by atoms with Crippen LogP contribution in [0.15, 0.2) is 36.7 Å². The number of rotatable bonds is 6. The molecule has 30 heavy (non-hydrogen) atoms. The van der Waals surface area contributed by atoms with E-state index in [0.29, 0.717) is 0 Å². The normalized spacial score (nSPS) is 11.6. The summed E-state index contributed by atoms with van der Waals surface area (Å²) in [5, 5.41) is 1.99. The van der Waals surface area contributed by atoms with Gasteiger partial charge in [-0.1, -0.05) is 71.2 Å². The zero-order valence-corrected chi connectivity index (χ0v) is 21.4. The molecule has 0 amide bonds. The number of benzene rings is 1. The number of thiophene rings is 1. The van der Waals surface area contributed by atoms with Gasteiger partial charge in [0.25, 0.3) is 0 Å². The lowest BCUT2D eigenvalue weighted by Gasteiger charge is -2.15. The maximum atomic E-state index is 6.18. The van der Waals surface area contributed by atoms with Crippen LogP contribution in [0.4, 0.5) is 0 Å². The van der Waals surface area contributed by atoms with E-state index in [1.807, 2.05) is 32.3 Å². The van der Waals surface area contributed by atoms with E-state index < -0.39 is 0 Å². The number of hydrogen-bond donors (Lipinski definition) is 1. The molecule has 1 N–H and O–H groups in total. The molecular weight excluding hydrogens is 410 g/mol. The van der Waals surface area contributed by atoms with Gasteiger partial charge in [-0.2, -0.15) is 0 Å². The lowest BCUT2D eigenvalue weighted by molar-refractivity contribution is 0.783. The van der Waals surface area contributed by atoms with Crippen LogP contribution in [-0.2, 0) is 0 Å². The van der Waals surface area contributed by atoms with E-state index >= 15 is 0 Å². The Hall–Kier alpha value is -1.78. The Morgan fingerprint density at radius 3 is 2.50 bits per heavy atom. The third kappa shape index (κ3) is 6.88. The number of nitrogens with zero attached hydrogens (tertiary/aromatic N) is 2. The molecule has 2 heterocycles. The predicted molar refractivity (Wildman–Crippen MR) is 138 cm³/mol. The third-order valence-electron chi connectivity index (χ3n) is 4.29. The van der Waals surface area contributed by atoms with Crippen LogP contribution in [0.5, 0.6) is 0 Å². The Labute approximate surface area is 192 Å². The number of unbranched alkanes of at least 4 members (excludes halogenated alkanes) is 1. The first-order valence-electron chi connectivity index (χ1n) is 11.1. The Balaban J connectivity index is 0.000000826. The summed E-state index contributed by atoms with van der Waals surface area (Å²) in [6.45, 7) is 16.8. The molecule has 0 saturated carbocycles. The molecule has 3 rings (SSSR count). The average Bonchev–Trinajstić information content (AvgIpc) is 3.23. The number of hydrogen-bond acceptors (Lipinski definition) is 3. The van der Waals surface area contributed by atoms with Crippen LogP contribution >= 0.6 is 22.9 Å². The van der Waals surface area contributed by atoms with Crippen molar-refractivity contribution in [3.8, 4) is 10.6 Å². The van der Waals surface area contributed by atoms with Crippen LogP contribution in [0.2, 0.25) is 5.02 Å². The van der Waals surface area contributed by atoms with Crippen molar-refractivity contribution >= 4 is 33.0 Å². The SMILES string of the molecule is CC.CCC.CCC/C=C/C(C)Nn1cnc(C)c1-c1sc2ccc(Cl)cc2c1C. The van der Waals surface area contributed by atoms with E-state index in [9.17, 15) is 0 Å². The molecule has 1 atom stereocenters. The smallest absolute Gasteiger partial charge is 0.115 e. The van der Waals surface area contributed by atoms with Crippen LogP contribution in [0, 0.1) is 13.8 Å². The molecule has 1 aromatic carbocycles. The molecule has 3 aromatic rings. The van der Waals surface area contributed by atoms with Crippen molar-refractivity contribution in [2.75, 3.05) is 5.43 Å². The fourth-order valence-electron chi connectivity index (χ4n) is 2.96. The number of imidazole rings is 1. The van der Waals surface area contributed by atoms with Crippen molar-refractivity contribution in [3.05, 3.63) is 53.0 Å². The lowest BCUT2D eigenvalue weighted by atomic mass is 10.1. The quantitative estimate of drug-likeness (QED) is 0.382. The van der Waals surface area contributed by atoms with Gasteiger partial charge in [-0.25, -0.2) is 9.66 Å². The molecule has 0 bridgehead atoms. The van der Waals surface area contributed by atoms with Gasteiger partial charge in [0, 0.05) is 9.72 Å². The summed E-state index contributed by atoms with van der Waals surface area (Å²) in [6, 6.07) is 6.33. The molecular formula is C25H38ClN3S. The molecule has 0 aliphatic rings. The molecule has 0 aliphatic carbocycles. The highest BCUT2D eigenvalue weighted by Gasteiger charge is 2.18. The van der Waals surface area contributed by atoms with Gasteiger partial charge >= 0.3 is 0 Å². The fourth-order valence-corrected chi connectivity index (χ4v) is 4.41. The minimum Gasteiger partial charge on any atom is -0.318 e. The topological polar surface area (TPSA) is 29.9 Å². The maximum absolute atomic E-state index is 6.18. The van der Waals surface area contributed by atoms with Crippen molar-refractivity contribution in [1.82, 2.24) is 9.66 Å². The summed E-state index contributed by atoms with van der Waals surface area (Å²) in [4.78, 5) is 5.77. The second kappa shape index (κ2) is 13.5.